The maximum atomic E-state index is 12.0. The van der Waals surface area contributed by atoms with E-state index in [-0.39, 0.29) is 11.9 Å². The van der Waals surface area contributed by atoms with Crippen molar-refractivity contribution in [1.29, 1.82) is 0 Å². The van der Waals surface area contributed by atoms with Gasteiger partial charge in [0.2, 0.25) is 5.91 Å². The summed E-state index contributed by atoms with van der Waals surface area (Å²) in [6.07, 6.45) is 3.95. The Balaban J connectivity index is 1.46. The highest BCUT2D eigenvalue weighted by atomic mass is 32.2. The Morgan fingerprint density at radius 3 is 2.88 bits per heavy atom. The second kappa shape index (κ2) is 7.61. The van der Waals surface area contributed by atoms with Crippen LogP contribution in [0.5, 0.6) is 11.5 Å². The first-order chi connectivity index (χ1) is 11.6. The number of rotatable bonds is 6. The Bertz CT molecular complexity index is 715. The maximum Gasteiger partial charge on any atom is 0.225 e. The van der Waals surface area contributed by atoms with Gasteiger partial charge in [-0.25, -0.2) is 0 Å². The number of ether oxygens (including phenoxy) is 2. The van der Waals surface area contributed by atoms with Gasteiger partial charge in [0, 0.05) is 29.3 Å². The molecule has 2 heterocycles. The van der Waals surface area contributed by atoms with Gasteiger partial charge < -0.3 is 14.8 Å². The van der Waals surface area contributed by atoms with Gasteiger partial charge in [-0.2, -0.15) is 5.10 Å². The lowest BCUT2D eigenvalue weighted by Gasteiger charge is -2.18. The molecule has 1 aromatic carbocycles. The van der Waals surface area contributed by atoms with E-state index in [1.165, 1.54) is 0 Å². The first-order valence-electron chi connectivity index (χ1n) is 7.98. The van der Waals surface area contributed by atoms with Crippen molar-refractivity contribution in [3.8, 4) is 11.5 Å². The van der Waals surface area contributed by atoms with Gasteiger partial charge in [0.15, 0.2) is 11.5 Å². The van der Waals surface area contributed by atoms with Crippen molar-refractivity contribution in [2.45, 2.75) is 31.2 Å². The number of thioether (sulfide) groups is 1. The second-order valence-corrected chi connectivity index (χ2v) is 6.92. The fourth-order valence-corrected chi connectivity index (χ4v) is 3.16. The summed E-state index contributed by atoms with van der Waals surface area (Å²) in [7, 11) is 0. The monoisotopic (exact) mass is 347 g/mol. The largest absolute Gasteiger partial charge is 0.486 e. The van der Waals surface area contributed by atoms with E-state index in [0.29, 0.717) is 25.4 Å². The van der Waals surface area contributed by atoms with Crippen molar-refractivity contribution >= 4 is 23.4 Å². The fourth-order valence-electron chi connectivity index (χ4n) is 2.28. The molecule has 0 saturated heterocycles. The molecule has 1 aliphatic heterocycles. The Morgan fingerprint density at radius 1 is 1.33 bits per heavy atom. The molecule has 24 heavy (non-hydrogen) atoms. The Hall–Kier alpha value is -2.15. The van der Waals surface area contributed by atoms with Crippen LogP contribution >= 0.6 is 11.8 Å². The molecule has 0 aliphatic carbocycles. The van der Waals surface area contributed by atoms with E-state index in [1.807, 2.05) is 42.9 Å². The van der Waals surface area contributed by atoms with Crippen LogP contribution in [0.4, 0.5) is 5.69 Å². The van der Waals surface area contributed by atoms with Gasteiger partial charge in [-0.05, 0) is 32.0 Å². The minimum Gasteiger partial charge on any atom is -0.486 e. The number of nitrogens with zero attached hydrogens (tertiary/aromatic N) is 2. The summed E-state index contributed by atoms with van der Waals surface area (Å²) in [5.74, 6) is 2.25. The van der Waals surface area contributed by atoms with Crippen molar-refractivity contribution in [1.82, 2.24) is 9.78 Å². The molecule has 6 nitrogen and oxygen atoms in total. The lowest BCUT2D eigenvalue weighted by atomic mass is 10.3. The van der Waals surface area contributed by atoms with Crippen LogP contribution in [0.15, 0.2) is 35.5 Å². The SMILES string of the molecule is CC(C)n1cc(NC(=O)CCSc2ccc3c(c2)OCCO3)cn1. The number of hydrogen-bond acceptors (Lipinski definition) is 5. The fraction of sp³-hybridized carbons (Fsp3) is 0.412. The number of amides is 1. The first kappa shape index (κ1) is 16.7. The van der Waals surface area contributed by atoms with Gasteiger partial charge in [-0.15, -0.1) is 11.8 Å². The van der Waals surface area contributed by atoms with E-state index in [4.69, 9.17) is 9.47 Å². The van der Waals surface area contributed by atoms with Crippen molar-refractivity contribution in [2.24, 2.45) is 0 Å². The number of nitrogens with one attached hydrogen (secondary N) is 1. The number of carbonyl (C=O) groups is 1. The quantitative estimate of drug-likeness (QED) is 0.812. The molecule has 0 radical (unpaired) electrons. The summed E-state index contributed by atoms with van der Waals surface area (Å²) in [6, 6.07) is 6.14. The molecular weight excluding hydrogens is 326 g/mol. The van der Waals surface area contributed by atoms with Crippen LogP contribution in [-0.2, 0) is 4.79 Å². The van der Waals surface area contributed by atoms with Crippen LogP contribution in [0.25, 0.3) is 0 Å². The number of anilines is 1. The van der Waals surface area contributed by atoms with Crippen LogP contribution in [-0.4, -0.2) is 34.7 Å². The van der Waals surface area contributed by atoms with Gasteiger partial charge in [0.05, 0.1) is 11.9 Å². The molecule has 1 aliphatic rings. The predicted molar refractivity (Wildman–Crippen MR) is 94.0 cm³/mol. The van der Waals surface area contributed by atoms with Gasteiger partial charge in [0.25, 0.3) is 0 Å². The molecule has 2 aromatic rings. The third-order valence-corrected chi connectivity index (χ3v) is 4.52. The third-order valence-electron chi connectivity index (χ3n) is 3.53. The Labute approximate surface area is 145 Å². The summed E-state index contributed by atoms with van der Waals surface area (Å²) in [5, 5.41) is 7.08. The molecule has 0 fully saturated rings. The molecule has 128 valence electrons. The molecule has 7 heteroatoms. The van der Waals surface area contributed by atoms with E-state index in [9.17, 15) is 4.79 Å². The Morgan fingerprint density at radius 2 is 2.12 bits per heavy atom. The summed E-state index contributed by atoms with van der Waals surface area (Å²) >= 11 is 1.63. The molecule has 0 unspecified atom stereocenters. The topological polar surface area (TPSA) is 65.4 Å². The number of hydrogen-bond donors (Lipinski definition) is 1. The van der Waals surface area contributed by atoms with Crippen molar-refractivity contribution in [3.63, 3.8) is 0 Å². The lowest BCUT2D eigenvalue weighted by molar-refractivity contribution is -0.115. The second-order valence-electron chi connectivity index (χ2n) is 5.75. The molecule has 0 bridgehead atoms. The highest BCUT2D eigenvalue weighted by Crippen LogP contribution is 2.34. The van der Waals surface area contributed by atoms with Gasteiger partial charge in [-0.1, -0.05) is 0 Å². The molecule has 0 saturated carbocycles. The van der Waals surface area contributed by atoms with E-state index >= 15 is 0 Å². The van der Waals surface area contributed by atoms with Gasteiger partial charge >= 0.3 is 0 Å². The van der Waals surface area contributed by atoms with Crippen LogP contribution in [0.3, 0.4) is 0 Å². The summed E-state index contributed by atoms with van der Waals surface area (Å²) in [6.45, 7) is 5.26. The van der Waals surface area contributed by atoms with Crippen molar-refractivity contribution < 1.29 is 14.3 Å². The molecule has 0 spiro atoms. The standard InChI is InChI=1S/C17H21N3O3S/c1-12(2)20-11-13(10-18-20)19-17(21)5-8-24-14-3-4-15-16(9-14)23-7-6-22-15/h3-4,9-12H,5-8H2,1-2H3,(H,19,21). The van der Waals surface area contributed by atoms with E-state index in [0.717, 1.165) is 22.1 Å². The summed E-state index contributed by atoms with van der Waals surface area (Å²) in [4.78, 5) is 13.1. The van der Waals surface area contributed by atoms with Crippen molar-refractivity contribution in [2.75, 3.05) is 24.3 Å². The smallest absolute Gasteiger partial charge is 0.225 e. The normalized spacial score (nSPS) is 13.1. The number of aromatic nitrogens is 2. The van der Waals surface area contributed by atoms with Crippen molar-refractivity contribution in [3.05, 3.63) is 30.6 Å². The first-order valence-corrected chi connectivity index (χ1v) is 8.97. The predicted octanol–water partition coefficient (Wildman–Crippen LogP) is 3.36. The summed E-state index contributed by atoms with van der Waals surface area (Å²) < 4.78 is 12.9. The van der Waals surface area contributed by atoms with Crippen LogP contribution in [0.2, 0.25) is 0 Å². The molecular formula is C17H21N3O3S. The average Bonchev–Trinajstić information content (AvgIpc) is 3.03. The maximum absolute atomic E-state index is 12.0. The third kappa shape index (κ3) is 4.23. The summed E-state index contributed by atoms with van der Waals surface area (Å²) in [5.41, 5.74) is 0.734. The average molecular weight is 347 g/mol. The number of benzene rings is 1. The van der Waals surface area contributed by atoms with Crippen LogP contribution in [0.1, 0.15) is 26.3 Å². The number of fused-ring (bicyclic) bond motifs is 1. The van der Waals surface area contributed by atoms with Gasteiger partial charge in [0.1, 0.15) is 13.2 Å². The van der Waals surface area contributed by atoms with Crippen LogP contribution in [0, 0.1) is 0 Å². The zero-order chi connectivity index (χ0) is 16.9. The van der Waals surface area contributed by atoms with E-state index in [2.05, 4.69) is 10.4 Å². The zero-order valence-electron chi connectivity index (χ0n) is 13.8. The Kier molecular flexibility index (Phi) is 5.30. The molecule has 3 rings (SSSR count). The minimum atomic E-state index is -0.0108. The van der Waals surface area contributed by atoms with Crippen LogP contribution < -0.4 is 14.8 Å². The highest BCUT2D eigenvalue weighted by Gasteiger charge is 2.12. The lowest BCUT2D eigenvalue weighted by Crippen LogP contribution is -2.15. The molecule has 1 N–H and O–H groups in total. The number of carbonyl (C=O) groups excluding carboxylic acids is 1. The molecule has 1 aromatic heterocycles. The highest BCUT2D eigenvalue weighted by molar-refractivity contribution is 7.99. The van der Waals surface area contributed by atoms with E-state index < -0.39 is 0 Å². The zero-order valence-corrected chi connectivity index (χ0v) is 14.6. The molecule has 1 amide bonds. The molecule has 0 atom stereocenters. The van der Waals surface area contributed by atoms with Gasteiger partial charge in [-0.3, -0.25) is 9.48 Å². The van der Waals surface area contributed by atoms with E-state index in [1.54, 1.807) is 18.0 Å². The minimum absolute atomic E-state index is 0.0108.